The fraction of sp³-hybridized carbons (Fsp3) is 0.240. The topological polar surface area (TPSA) is 56.8 Å². The van der Waals surface area contributed by atoms with Crippen LogP contribution in [0.15, 0.2) is 72.8 Å². The molecule has 0 aliphatic carbocycles. The highest BCUT2D eigenvalue weighted by atomic mass is 16.5. The van der Waals surface area contributed by atoms with Gasteiger partial charge in [0.1, 0.15) is 23.9 Å². The van der Waals surface area contributed by atoms with E-state index in [-0.39, 0.29) is 18.6 Å². The molecule has 0 heterocycles. The summed E-state index contributed by atoms with van der Waals surface area (Å²) in [7, 11) is 1.62. The Morgan fingerprint density at radius 3 is 2.30 bits per heavy atom. The minimum Gasteiger partial charge on any atom is -0.497 e. The zero-order chi connectivity index (χ0) is 21.3. The molecule has 0 aromatic heterocycles. The van der Waals surface area contributed by atoms with E-state index in [9.17, 15) is 4.79 Å². The van der Waals surface area contributed by atoms with E-state index in [1.807, 2.05) is 80.6 Å². The van der Waals surface area contributed by atoms with E-state index in [1.54, 1.807) is 13.2 Å². The minimum atomic E-state index is -0.139. The van der Waals surface area contributed by atoms with Crippen molar-refractivity contribution in [3.8, 4) is 17.2 Å². The third-order valence-corrected chi connectivity index (χ3v) is 4.72. The molecule has 0 bridgehead atoms. The van der Waals surface area contributed by atoms with Crippen molar-refractivity contribution in [2.45, 2.75) is 26.5 Å². The number of amides is 1. The highest BCUT2D eigenvalue weighted by Gasteiger charge is 2.14. The maximum atomic E-state index is 12.8. The zero-order valence-corrected chi connectivity index (χ0v) is 17.6. The molecule has 0 saturated carbocycles. The Kier molecular flexibility index (Phi) is 7.33. The molecule has 5 heteroatoms. The summed E-state index contributed by atoms with van der Waals surface area (Å²) in [5.74, 6) is 2.05. The molecule has 0 aliphatic heterocycles. The van der Waals surface area contributed by atoms with E-state index < -0.39 is 0 Å². The molecule has 0 aliphatic rings. The van der Waals surface area contributed by atoms with Gasteiger partial charge in [-0.1, -0.05) is 30.3 Å². The number of nitrogens with one attached hydrogen (secondary N) is 1. The fourth-order valence-corrected chi connectivity index (χ4v) is 3.07. The van der Waals surface area contributed by atoms with Crippen LogP contribution in [0.3, 0.4) is 0 Å². The summed E-state index contributed by atoms with van der Waals surface area (Å²) in [6.07, 6.45) is 0. The van der Waals surface area contributed by atoms with Gasteiger partial charge in [0, 0.05) is 11.1 Å². The lowest BCUT2D eigenvalue weighted by atomic mass is 10.1. The third kappa shape index (κ3) is 5.54. The summed E-state index contributed by atoms with van der Waals surface area (Å²) in [6.45, 7) is 4.72. The molecular weight excluding hydrogens is 378 g/mol. The lowest BCUT2D eigenvalue weighted by Gasteiger charge is -2.16. The number of carbonyl (C=O) groups excluding carboxylic acids is 1. The Balaban J connectivity index is 1.73. The van der Waals surface area contributed by atoms with Crippen LogP contribution in [0.4, 0.5) is 0 Å². The quantitative estimate of drug-likeness (QED) is 0.534. The molecule has 3 aromatic rings. The Hall–Kier alpha value is -3.47. The van der Waals surface area contributed by atoms with E-state index in [0.717, 1.165) is 16.9 Å². The predicted octanol–water partition coefficient (Wildman–Crippen LogP) is 5.16. The van der Waals surface area contributed by atoms with Crippen molar-refractivity contribution in [3.63, 3.8) is 0 Å². The van der Waals surface area contributed by atoms with Crippen LogP contribution in [0.25, 0.3) is 0 Å². The molecule has 1 N–H and O–H groups in total. The van der Waals surface area contributed by atoms with Crippen LogP contribution in [0.2, 0.25) is 0 Å². The van der Waals surface area contributed by atoms with Gasteiger partial charge in [0.25, 0.3) is 5.91 Å². The molecule has 0 fully saturated rings. The first-order chi connectivity index (χ1) is 14.6. The number of methoxy groups -OCH3 is 1. The Bertz CT molecular complexity index is 955. The van der Waals surface area contributed by atoms with E-state index in [4.69, 9.17) is 14.2 Å². The summed E-state index contributed by atoms with van der Waals surface area (Å²) < 4.78 is 16.8. The van der Waals surface area contributed by atoms with E-state index in [2.05, 4.69) is 5.32 Å². The molecule has 3 rings (SSSR count). The van der Waals surface area contributed by atoms with Crippen LogP contribution >= 0.6 is 0 Å². The molecule has 0 unspecified atom stereocenters. The van der Waals surface area contributed by atoms with Crippen molar-refractivity contribution in [2.75, 3.05) is 13.7 Å². The molecular formula is C25H27NO4. The first kappa shape index (κ1) is 21.2. The van der Waals surface area contributed by atoms with E-state index >= 15 is 0 Å². The Morgan fingerprint density at radius 2 is 1.63 bits per heavy atom. The normalized spacial score (nSPS) is 11.4. The largest absolute Gasteiger partial charge is 0.497 e. The number of benzene rings is 3. The van der Waals surface area contributed by atoms with Crippen molar-refractivity contribution < 1.29 is 19.0 Å². The van der Waals surface area contributed by atoms with Gasteiger partial charge in [-0.15, -0.1) is 0 Å². The van der Waals surface area contributed by atoms with E-state index in [0.29, 0.717) is 23.7 Å². The number of hydrogen-bond acceptors (Lipinski definition) is 4. The monoisotopic (exact) mass is 405 g/mol. The van der Waals surface area contributed by atoms with Crippen molar-refractivity contribution in [1.82, 2.24) is 5.32 Å². The SMILES string of the molecule is CCOc1ccc(C(=O)N[C@@H](C)c2ccccc2)cc1COc1ccc(OC)cc1. The Morgan fingerprint density at radius 1 is 0.933 bits per heavy atom. The number of ether oxygens (including phenoxy) is 3. The number of rotatable bonds is 9. The van der Waals surface area contributed by atoms with Crippen molar-refractivity contribution in [2.24, 2.45) is 0 Å². The molecule has 0 spiro atoms. The van der Waals surface area contributed by atoms with Crippen molar-refractivity contribution in [1.29, 1.82) is 0 Å². The van der Waals surface area contributed by atoms with Gasteiger partial charge < -0.3 is 19.5 Å². The van der Waals surface area contributed by atoms with Gasteiger partial charge in [0.05, 0.1) is 19.8 Å². The third-order valence-electron chi connectivity index (χ3n) is 4.72. The summed E-state index contributed by atoms with van der Waals surface area (Å²) in [5.41, 5.74) is 2.43. The van der Waals surface area contributed by atoms with Crippen LogP contribution in [0.5, 0.6) is 17.2 Å². The van der Waals surface area contributed by atoms with Gasteiger partial charge >= 0.3 is 0 Å². The molecule has 30 heavy (non-hydrogen) atoms. The lowest BCUT2D eigenvalue weighted by Crippen LogP contribution is -2.26. The van der Waals surface area contributed by atoms with Crippen LogP contribution in [0.1, 0.15) is 41.4 Å². The summed E-state index contributed by atoms with van der Waals surface area (Å²) >= 11 is 0. The van der Waals surface area contributed by atoms with Crippen LogP contribution < -0.4 is 19.5 Å². The van der Waals surface area contributed by atoms with Gasteiger partial charge in [-0.25, -0.2) is 0 Å². The second-order valence-electron chi connectivity index (χ2n) is 6.83. The van der Waals surface area contributed by atoms with Crippen molar-refractivity contribution >= 4 is 5.91 Å². The summed E-state index contributed by atoms with van der Waals surface area (Å²) in [5, 5.41) is 3.04. The number of hydrogen-bond donors (Lipinski definition) is 1. The predicted molar refractivity (Wildman–Crippen MR) is 117 cm³/mol. The van der Waals surface area contributed by atoms with Crippen molar-refractivity contribution in [3.05, 3.63) is 89.5 Å². The maximum Gasteiger partial charge on any atom is 0.251 e. The molecule has 5 nitrogen and oxygen atoms in total. The average molecular weight is 405 g/mol. The highest BCUT2D eigenvalue weighted by molar-refractivity contribution is 5.94. The molecule has 156 valence electrons. The summed E-state index contributed by atoms with van der Waals surface area (Å²) in [6, 6.07) is 22.6. The molecule has 1 atom stereocenters. The second kappa shape index (κ2) is 10.3. The minimum absolute atomic E-state index is 0.0933. The van der Waals surface area contributed by atoms with Crippen LogP contribution in [0, 0.1) is 0 Å². The van der Waals surface area contributed by atoms with Crippen LogP contribution in [-0.2, 0) is 6.61 Å². The zero-order valence-electron chi connectivity index (χ0n) is 17.6. The molecule has 0 radical (unpaired) electrons. The van der Waals surface area contributed by atoms with Crippen LogP contribution in [-0.4, -0.2) is 19.6 Å². The second-order valence-corrected chi connectivity index (χ2v) is 6.83. The fourth-order valence-electron chi connectivity index (χ4n) is 3.07. The summed E-state index contributed by atoms with van der Waals surface area (Å²) in [4.78, 5) is 12.8. The van der Waals surface area contributed by atoms with Gasteiger partial charge in [0.15, 0.2) is 0 Å². The highest BCUT2D eigenvalue weighted by Crippen LogP contribution is 2.24. The average Bonchev–Trinajstić information content (AvgIpc) is 2.79. The first-order valence-corrected chi connectivity index (χ1v) is 9.99. The molecule has 3 aromatic carbocycles. The van der Waals surface area contributed by atoms with Gasteiger partial charge in [-0.3, -0.25) is 4.79 Å². The molecule has 1 amide bonds. The van der Waals surface area contributed by atoms with E-state index in [1.165, 1.54) is 0 Å². The molecule has 0 saturated heterocycles. The Labute approximate surface area is 177 Å². The van der Waals surface area contributed by atoms with Gasteiger partial charge in [-0.05, 0) is 61.9 Å². The number of carbonyl (C=O) groups is 1. The van der Waals surface area contributed by atoms with Gasteiger partial charge in [-0.2, -0.15) is 0 Å². The maximum absolute atomic E-state index is 12.8. The van der Waals surface area contributed by atoms with Gasteiger partial charge in [0.2, 0.25) is 0 Å². The lowest BCUT2D eigenvalue weighted by molar-refractivity contribution is 0.0939. The smallest absolute Gasteiger partial charge is 0.251 e. The first-order valence-electron chi connectivity index (χ1n) is 9.99. The standard InChI is InChI=1S/C25H27NO4/c1-4-29-24-15-10-20(25(27)26-18(2)19-8-6-5-7-9-19)16-21(24)17-30-23-13-11-22(28-3)12-14-23/h5-16,18H,4,17H2,1-3H3,(H,26,27)/t18-/m0/s1.